The van der Waals surface area contributed by atoms with E-state index in [0.717, 1.165) is 11.1 Å². The van der Waals surface area contributed by atoms with Crippen molar-refractivity contribution >= 4 is 23.2 Å². The minimum absolute atomic E-state index is 0.0243. The van der Waals surface area contributed by atoms with Gasteiger partial charge in [-0.25, -0.2) is 0 Å². The maximum absolute atomic E-state index is 10.1. The Morgan fingerprint density at radius 2 is 1.90 bits per heavy atom. The van der Waals surface area contributed by atoms with Crippen LogP contribution in [0.2, 0.25) is 10.0 Å². The minimum atomic E-state index is -0.577. The first-order valence-corrected chi connectivity index (χ1v) is 7.10. The third kappa shape index (κ3) is 3.93. The highest BCUT2D eigenvalue weighted by molar-refractivity contribution is 6.35. The van der Waals surface area contributed by atoms with E-state index in [4.69, 9.17) is 23.2 Å². The summed E-state index contributed by atoms with van der Waals surface area (Å²) in [6.45, 7) is 2.43. The van der Waals surface area contributed by atoms with Crippen LogP contribution >= 0.6 is 23.2 Å². The van der Waals surface area contributed by atoms with Crippen LogP contribution in [0.15, 0.2) is 42.7 Å². The van der Waals surface area contributed by atoms with E-state index in [0.29, 0.717) is 16.6 Å². The number of hydrogen-bond acceptors (Lipinski definition) is 3. The average Bonchev–Trinajstić information content (AvgIpc) is 2.45. The van der Waals surface area contributed by atoms with Gasteiger partial charge in [0.2, 0.25) is 0 Å². The summed E-state index contributed by atoms with van der Waals surface area (Å²) in [6, 6.07) is 9.03. The summed E-state index contributed by atoms with van der Waals surface area (Å²) >= 11 is 12.0. The molecule has 0 saturated heterocycles. The molecule has 0 spiro atoms. The van der Waals surface area contributed by atoms with Crippen LogP contribution in [0.25, 0.3) is 0 Å². The first-order valence-electron chi connectivity index (χ1n) is 6.34. The predicted octanol–water partition coefficient (Wildman–Crippen LogP) is 3.77. The zero-order valence-corrected chi connectivity index (χ0v) is 12.6. The fourth-order valence-corrected chi connectivity index (χ4v) is 2.53. The van der Waals surface area contributed by atoms with Gasteiger partial charge in [-0.05, 0) is 42.3 Å². The Kier molecular flexibility index (Phi) is 5.38. The minimum Gasteiger partial charge on any atom is -0.387 e. The molecular weight excluding hydrogens is 295 g/mol. The van der Waals surface area contributed by atoms with Crippen molar-refractivity contribution in [2.24, 2.45) is 0 Å². The van der Waals surface area contributed by atoms with Crippen molar-refractivity contribution in [3.05, 3.63) is 63.9 Å². The highest BCUT2D eigenvalue weighted by Crippen LogP contribution is 2.26. The fraction of sp³-hybridized carbons (Fsp3) is 0.267. The van der Waals surface area contributed by atoms with Gasteiger partial charge in [-0.2, -0.15) is 0 Å². The highest BCUT2D eigenvalue weighted by atomic mass is 35.5. The number of nitrogens with zero attached hydrogens (tertiary/aromatic N) is 1. The number of aliphatic hydroxyl groups is 1. The smallest absolute Gasteiger partial charge is 0.0915 e. The predicted molar refractivity (Wildman–Crippen MR) is 82.1 cm³/mol. The molecule has 2 aromatic rings. The molecule has 106 valence electrons. The Hall–Kier alpha value is -1.13. The van der Waals surface area contributed by atoms with Crippen molar-refractivity contribution in [3.8, 4) is 0 Å². The van der Waals surface area contributed by atoms with Crippen molar-refractivity contribution in [1.82, 2.24) is 10.3 Å². The molecule has 0 aliphatic carbocycles. The maximum atomic E-state index is 10.1. The van der Waals surface area contributed by atoms with E-state index >= 15 is 0 Å². The molecule has 0 amide bonds. The number of aromatic nitrogens is 1. The lowest BCUT2D eigenvalue weighted by molar-refractivity contribution is 0.170. The molecule has 0 aliphatic heterocycles. The number of hydrogen-bond donors (Lipinski definition) is 2. The number of benzene rings is 1. The molecule has 0 bridgehead atoms. The van der Waals surface area contributed by atoms with Crippen LogP contribution in [0.3, 0.4) is 0 Å². The van der Waals surface area contributed by atoms with Gasteiger partial charge in [0.05, 0.1) is 6.10 Å². The quantitative estimate of drug-likeness (QED) is 0.883. The third-order valence-electron chi connectivity index (χ3n) is 3.14. The molecule has 2 unspecified atom stereocenters. The first kappa shape index (κ1) is 15.3. The Balaban J connectivity index is 1.96. The van der Waals surface area contributed by atoms with Gasteiger partial charge in [0.1, 0.15) is 0 Å². The zero-order chi connectivity index (χ0) is 14.5. The number of rotatable bonds is 5. The molecule has 1 heterocycles. The average molecular weight is 311 g/mol. The van der Waals surface area contributed by atoms with Gasteiger partial charge in [-0.15, -0.1) is 0 Å². The van der Waals surface area contributed by atoms with E-state index in [9.17, 15) is 5.11 Å². The lowest BCUT2D eigenvalue weighted by Crippen LogP contribution is -2.24. The van der Waals surface area contributed by atoms with Gasteiger partial charge < -0.3 is 10.4 Å². The Labute approximate surface area is 128 Å². The maximum Gasteiger partial charge on any atom is 0.0915 e. The summed E-state index contributed by atoms with van der Waals surface area (Å²) in [5, 5.41) is 14.6. The third-order valence-corrected chi connectivity index (χ3v) is 3.70. The molecule has 2 N–H and O–H groups in total. The lowest BCUT2D eigenvalue weighted by Gasteiger charge is -2.18. The van der Waals surface area contributed by atoms with Crippen LogP contribution in [0, 0.1) is 0 Å². The Bertz CT molecular complexity index is 563. The molecule has 0 saturated carbocycles. The molecule has 5 heteroatoms. The van der Waals surface area contributed by atoms with Crippen molar-refractivity contribution in [2.75, 3.05) is 6.54 Å². The Morgan fingerprint density at radius 1 is 1.20 bits per heavy atom. The summed E-state index contributed by atoms with van der Waals surface area (Å²) in [5.74, 6) is 0. The summed E-state index contributed by atoms with van der Waals surface area (Å²) in [7, 11) is 0. The van der Waals surface area contributed by atoms with Crippen LogP contribution in [0.1, 0.15) is 30.2 Å². The van der Waals surface area contributed by atoms with Gasteiger partial charge in [0, 0.05) is 35.0 Å². The Morgan fingerprint density at radius 3 is 2.55 bits per heavy atom. The monoisotopic (exact) mass is 310 g/mol. The molecule has 0 aliphatic rings. The van der Waals surface area contributed by atoms with Crippen molar-refractivity contribution < 1.29 is 5.11 Å². The first-order chi connectivity index (χ1) is 9.58. The van der Waals surface area contributed by atoms with Gasteiger partial charge in [-0.1, -0.05) is 29.3 Å². The van der Waals surface area contributed by atoms with E-state index in [-0.39, 0.29) is 6.04 Å². The summed E-state index contributed by atoms with van der Waals surface area (Å²) in [4.78, 5) is 3.93. The van der Waals surface area contributed by atoms with Crippen LogP contribution < -0.4 is 5.32 Å². The fourth-order valence-electron chi connectivity index (χ4n) is 1.95. The summed E-state index contributed by atoms with van der Waals surface area (Å²) in [6.07, 6.45) is 2.75. The highest BCUT2D eigenvalue weighted by Gasteiger charge is 2.12. The number of pyridine rings is 1. The number of aliphatic hydroxyl groups excluding tert-OH is 1. The molecule has 3 nitrogen and oxygen atoms in total. The molecule has 2 atom stereocenters. The van der Waals surface area contributed by atoms with Crippen molar-refractivity contribution in [1.29, 1.82) is 0 Å². The van der Waals surface area contributed by atoms with Gasteiger partial charge >= 0.3 is 0 Å². The molecule has 0 radical (unpaired) electrons. The van der Waals surface area contributed by atoms with Gasteiger partial charge in [-0.3, -0.25) is 4.98 Å². The number of halogens is 2. The normalized spacial score (nSPS) is 14.0. The van der Waals surface area contributed by atoms with Crippen LogP contribution in [0.5, 0.6) is 0 Å². The molecule has 2 rings (SSSR count). The molecule has 20 heavy (non-hydrogen) atoms. The molecule has 1 aromatic heterocycles. The molecule has 0 fully saturated rings. The lowest BCUT2D eigenvalue weighted by atomic mass is 10.1. The summed E-state index contributed by atoms with van der Waals surface area (Å²) < 4.78 is 0. The standard InChI is InChI=1S/C15H16Cl2N2O/c1-10(13-3-2-12(16)8-14(13)17)19-9-15(20)11-4-6-18-7-5-11/h2-8,10,15,19-20H,9H2,1H3. The number of nitrogens with one attached hydrogen (secondary N) is 1. The second kappa shape index (κ2) is 7.04. The topological polar surface area (TPSA) is 45.1 Å². The van der Waals surface area contributed by atoms with Crippen LogP contribution in [-0.2, 0) is 0 Å². The zero-order valence-electron chi connectivity index (χ0n) is 11.1. The van der Waals surface area contributed by atoms with Crippen LogP contribution in [-0.4, -0.2) is 16.6 Å². The van der Waals surface area contributed by atoms with Crippen molar-refractivity contribution in [2.45, 2.75) is 19.1 Å². The second-order valence-electron chi connectivity index (χ2n) is 4.59. The van der Waals surface area contributed by atoms with Crippen LogP contribution in [0.4, 0.5) is 0 Å². The molecule has 1 aromatic carbocycles. The summed E-state index contributed by atoms with van der Waals surface area (Å²) in [5.41, 5.74) is 1.79. The van der Waals surface area contributed by atoms with E-state index in [1.54, 1.807) is 36.7 Å². The van der Waals surface area contributed by atoms with E-state index in [2.05, 4.69) is 10.3 Å². The van der Waals surface area contributed by atoms with Gasteiger partial charge in [0.25, 0.3) is 0 Å². The SMILES string of the molecule is CC(NCC(O)c1ccncc1)c1ccc(Cl)cc1Cl. The van der Waals surface area contributed by atoms with E-state index in [1.807, 2.05) is 13.0 Å². The van der Waals surface area contributed by atoms with Crippen molar-refractivity contribution in [3.63, 3.8) is 0 Å². The van der Waals surface area contributed by atoms with E-state index in [1.165, 1.54) is 0 Å². The second-order valence-corrected chi connectivity index (χ2v) is 5.44. The van der Waals surface area contributed by atoms with E-state index < -0.39 is 6.10 Å². The largest absolute Gasteiger partial charge is 0.387 e. The molecular formula is C15H16Cl2N2O. The van der Waals surface area contributed by atoms with Gasteiger partial charge in [0.15, 0.2) is 0 Å².